The lowest BCUT2D eigenvalue weighted by atomic mass is 10.0. The van der Waals surface area contributed by atoms with E-state index in [-0.39, 0.29) is 0 Å². The molecular formula is C14H14ClNO2. The maximum Gasteiger partial charge on any atom is 0.141 e. The molecule has 3 nitrogen and oxygen atoms in total. The van der Waals surface area contributed by atoms with Crippen molar-refractivity contribution in [2.24, 2.45) is 0 Å². The third-order valence-electron chi connectivity index (χ3n) is 2.71. The molecule has 0 heterocycles. The van der Waals surface area contributed by atoms with E-state index in [2.05, 4.69) is 0 Å². The van der Waals surface area contributed by atoms with Crippen molar-refractivity contribution in [3.8, 4) is 22.6 Å². The van der Waals surface area contributed by atoms with Crippen molar-refractivity contribution in [3.05, 3.63) is 41.4 Å². The second-order valence-electron chi connectivity index (χ2n) is 3.81. The zero-order valence-electron chi connectivity index (χ0n) is 10.2. The highest BCUT2D eigenvalue weighted by Gasteiger charge is 2.06. The van der Waals surface area contributed by atoms with E-state index < -0.39 is 0 Å². The van der Waals surface area contributed by atoms with E-state index in [1.54, 1.807) is 20.3 Å². The van der Waals surface area contributed by atoms with Crippen molar-refractivity contribution in [3.63, 3.8) is 0 Å². The van der Waals surface area contributed by atoms with E-state index in [0.29, 0.717) is 22.2 Å². The Morgan fingerprint density at radius 1 is 0.889 bits per heavy atom. The maximum absolute atomic E-state index is 5.99. The standard InChI is InChI=1S/C14H14ClNO2/c1-17-13-6-4-9(7-12(13)16)10-3-5-11(15)14(8-10)18-2/h3-8H,16H2,1-2H3. The van der Waals surface area contributed by atoms with Crippen LogP contribution in [0.3, 0.4) is 0 Å². The maximum atomic E-state index is 5.99. The summed E-state index contributed by atoms with van der Waals surface area (Å²) in [6.07, 6.45) is 0. The molecule has 0 aliphatic rings. The van der Waals surface area contributed by atoms with E-state index in [1.807, 2.05) is 30.3 Å². The molecule has 0 aliphatic carbocycles. The predicted octanol–water partition coefficient (Wildman–Crippen LogP) is 3.61. The highest BCUT2D eigenvalue weighted by molar-refractivity contribution is 6.32. The molecule has 2 rings (SSSR count). The monoisotopic (exact) mass is 263 g/mol. The zero-order valence-corrected chi connectivity index (χ0v) is 11.0. The molecule has 4 heteroatoms. The van der Waals surface area contributed by atoms with Gasteiger partial charge in [0.15, 0.2) is 0 Å². The second kappa shape index (κ2) is 5.19. The number of rotatable bonds is 3. The Kier molecular flexibility index (Phi) is 3.63. The fraction of sp³-hybridized carbons (Fsp3) is 0.143. The molecule has 2 N–H and O–H groups in total. The number of methoxy groups -OCH3 is 2. The van der Waals surface area contributed by atoms with Crippen molar-refractivity contribution in [1.82, 2.24) is 0 Å². The van der Waals surface area contributed by atoms with E-state index in [9.17, 15) is 0 Å². The van der Waals surface area contributed by atoms with Gasteiger partial charge in [0.05, 0.1) is 24.9 Å². The average Bonchev–Trinajstić information content (AvgIpc) is 2.39. The van der Waals surface area contributed by atoms with Gasteiger partial charge in [0, 0.05) is 0 Å². The van der Waals surface area contributed by atoms with Crippen LogP contribution in [-0.2, 0) is 0 Å². The van der Waals surface area contributed by atoms with Gasteiger partial charge >= 0.3 is 0 Å². The number of hydrogen-bond donors (Lipinski definition) is 1. The Morgan fingerprint density at radius 2 is 1.50 bits per heavy atom. The van der Waals surface area contributed by atoms with Gasteiger partial charge in [-0.15, -0.1) is 0 Å². The molecule has 0 unspecified atom stereocenters. The van der Waals surface area contributed by atoms with Gasteiger partial charge in [-0.1, -0.05) is 23.7 Å². The summed E-state index contributed by atoms with van der Waals surface area (Å²) in [6, 6.07) is 11.2. The number of halogens is 1. The minimum Gasteiger partial charge on any atom is -0.495 e. The molecule has 0 fully saturated rings. The molecule has 0 amide bonds. The van der Waals surface area contributed by atoms with Gasteiger partial charge in [0.1, 0.15) is 11.5 Å². The molecule has 0 saturated heterocycles. The third kappa shape index (κ3) is 2.36. The normalized spacial score (nSPS) is 10.2. The zero-order chi connectivity index (χ0) is 13.1. The van der Waals surface area contributed by atoms with Crippen LogP contribution in [0, 0.1) is 0 Å². The predicted molar refractivity (Wildman–Crippen MR) is 74.4 cm³/mol. The molecule has 0 atom stereocenters. The lowest BCUT2D eigenvalue weighted by Crippen LogP contribution is -1.92. The van der Waals surface area contributed by atoms with Crippen LogP contribution in [0.25, 0.3) is 11.1 Å². The van der Waals surface area contributed by atoms with Crippen LogP contribution in [0.4, 0.5) is 5.69 Å². The highest BCUT2D eigenvalue weighted by atomic mass is 35.5. The average molecular weight is 264 g/mol. The number of anilines is 1. The van der Waals surface area contributed by atoms with Crippen LogP contribution < -0.4 is 15.2 Å². The van der Waals surface area contributed by atoms with Gasteiger partial charge in [-0.05, 0) is 35.4 Å². The van der Waals surface area contributed by atoms with Crippen molar-refractivity contribution < 1.29 is 9.47 Å². The summed E-state index contributed by atoms with van der Waals surface area (Å²) in [4.78, 5) is 0. The SMILES string of the molecule is COc1ccc(-c2ccc(Cl)c(OC)c2)cc1N. The minimum absolute atomic E-state index is 0.586. The fourth-order valence-electron chi connectivity index (χ4n) is 1.75. The van der Waals surface area contributed by atoms with Gasteiger partial charge in [-0.3, -0.25) is 0 Å². The van der Waals surface area contributed by atoms with Crippen LogP contribution in [0.2, 0.25) is 5.02 Å². The minimum atomic E-state index is 0.586. The van der Waals surface area contributed by atoms with Crippen LogP contribution in [0.15, 0.2) is 36.4 Å². The number of nitrogen functional groups attached to an aromatic ring is 1. The second-order valence-corrected chi connectivity index (χ2v) is 4.21. The Bertz CT molecular complexity index is 570. The van der Waals surface area contributed by atoms with Crippen molar-refractivity contribution in [2.75, 3.05) is 20.0 Å². The first kappa shape index (κ1) is 12.6. The number of hydrogen-bond acceptors (Lipinski definition) is 3. The lowest BCUT2D eigenvalue weighted by Gasteiger charge is -2.09. The van der Waals surface area contributed by atoms with Crippen LogP contribution in [-0.4, -0.2) is 14.2 Å². The van der Waals surface area contributed by atoms with Crippen molar-refractivity contribution >= 4 is 17.3 Å². The van der Waals surface area contributed by atoms with Gasteiger partial charge < -0.3 is 15.2 Å². The van der Waals surface area contributed by atoms with Crippen molar-refractivity contribution in [2.45, 2.75) is 0 Å². The Hall–Kier alpha value is -1.87. The summed E-state index contributed by atoms with van der Waals surface area (Å²) in [6.45, 7) is 0. The quantitative estimate of drug-likeness (QED) is 0.861. The molecule has 0 aliphatic heterocycles. The molecule has 94 valence electrons. The van der Waals surface area contributed by atoms with Gasteiger partial charge in [-0.25, -0.2) is 0 Å². The van der Waals surface area contributed by atoms with E-state index in [4.69, 9.17) is 26.8 Å². The first-order valence-electron chi connectivity index (χ1n) is 5.43. The van der Waals surface area contributed by atoms with Crippen LogP contribution in [0.1, 0.15) is 0 Å². The molecule has 0 aromatic heterocycles. The fourth-order valence-corrected chi connectivity index (χ4v) is 1.95. The van der Waals surface area contributed by atoms with E-state index in [1.165, 1.54) is 0 Å². The van der Waals surface area contributed by atoms with Gasteiger partial charge in [0.2, 0.25) is 0 Å². The summed E-state index contributed by atoms with van der Waals surface area (Å²) in [5.41, 5.74) is 8.47. The Labute approximate surface area is 111 Å². The Balaban J connectivity index is 2.45. The van der Waals surface area contributed by atoms with Crippen LogP contribution in [0.5, 0.6) is 11.5 Å². The molecule has 0 bridgehead atoms. The van der Waals surface area contributed by atoms with E-state index in [0.717, 1.165) is 11.1 Å². The molecule has 2 aromatic carbocycles. The van der Waals surface area contributed by atoms with Crippen molar-refractivity contribution in [1.29, 1.82) is 0 Å². The molecule has 0 radical (unpaired) electrons. The molecule has 18 heavy (non-hydrogen) atoms. The number of benzene rings is 2. The topological polar surface area (TPSA) is 44.5 Å². The van der Waals surface area contributed by atoms with Gasteiger partial charge in [0.25, 0.3) is 0 Å². The van der Waals surface area contributed by atoms with Crippen LogP contribution >= 0.6 is 11.6 Å². The molecular weight excluding hydrogens is 250 g/mol. The third-order valence-corrected chi connectivity index (χ3v) is 3.03. The lowest BCUT2D eigenvalue weighted by molar-refractivity contribution is 0.415. The number of ether oxygens (including phenoxy) is 2. The Morgan fingerprint density at radius 3 is 2.11 bits per heavy atom. The van der Waals surface area contributed by atoms with Gasteiger partial charge in [-0.2, -0.15) is 0 Å². The molecule has 0 spiro atoms. The summed E-state index contributed by atoms with van der Waals surface area (Å²) in [5.74, 6) is 1.31. The van der Waals surface area contributed by atoms with E-state index >= 15 is 0 Å². The first-order valence-corrected chi connectivity index (χ1v) is 5.81. The molecule has 2 aromatic rings. The summed E-state index contributed by atoms with van der Waals surface area (Å²) >= 11 is 5.99. The summed E-state index contributed by atoms with van der Waals surface area (Å²) in [5, 5.41) is 0.586. The smallest absolute Gasteiger partial charge is 0.141 e. The summed E-state index contributed by atoms with van der Waals surface area (Å²) in [7, 11) is 3.18. The molecule has 0 saturated carbocycles. The first-order chi connectivity index (χ1) is 8.65. The number of nitrogens with two attached hydrogens (primary N) is 1. The summed E-state index contributed by atoms with van der Waals surface area (Å²) < 4.78 is 10.3. The largest absolute Gasteiger partial charge is 0.495 e. The highest BCUT2D eigenvalue weighted by Crippen LogP contribution is 2.33.